The monoisotopic (exact) mass is 439 g/mol. The molecule has 0 aliphatic rings. The van der Waals surface area contributed by atoms with E-state index in [0.717, 1.165) is 12.3 Å². The lowest BCUT2D eigenvalue weighted by molar-refractivity contribution is -0.120. The van der Waals surface area contributed by atoms with E-state index >= 15 is 0 Å². The summed E-state index contributed by atoms with van der Waals surface area (Å²) in [7, 11) is 0. The van der Waals surface area contributed by atoms with Gasteiger partial charge >= 0.3 is 0 Å². The van der Waals surface area contributed by atoms with Crippen molar-refractivity contribution in [1.29, 1.82) is 0 Å². The van der Waals surface area contributed by atoms with Gasteiger partial charge in [-0.3, -0.25) is 14.5 Å². The Balaban J connectivity index is 1.74. The van der Waals surface area contributed by atoms with Crippen molar-refractivity contribution in [1.82, 2.24) is 25.1 Å². The molecule has 160 valence electrons. The van der Waals surface area contributed by atoms with E-state index in [1.807, 2.05) is 0 Å². The summed E-state index contributed by atoms with van der Waals surface area (Å²) in [5, 5.41) is 16.7. The summed E-state index contributed by atoms with van der Waals surface area (Å²) < 4.78 is 32.5. The molecule has 0 saturated carbocycles. The molecule has 0 radical (unpaired) electrons. The van der Waals surface area contributed by atoms with Crippen LogP contribution in [0.1, 0.15) is 18.2 Å². The van der Waals surface area contributed by atoms with E-state index in [0.29, 0.717) is 23.3 Å². The maximum absolute atomic E-state index is 12.9. The first-order valence-electron chi connectivity index (χ1n) is 9.09. The van der Waals surface area contributed by atoms with E-state index in [-0.39, 0.29) is 36.4 Å². The SMILES string of the molecule is CC(F)(F)COc1ncc(Cn2cc3c(CC(=O)NCCO)nccc3n2)cc1Cl. The minimum Gasteiger partial charge on any atom is -0.470 e. The summed E-state index contributed by atoms with van der Waals surface area (Å²) in [6.07, 6.45) is 4.86. The third kappa shape index (κ3) is 5.83. The Hall–Kier alpha value is -2.85. The number of rotatable bonds is 9. The highest BCUT2D eigenvalue weighted by molar-refractivity contribution is 6.31. The van der Waals surface area contributed by atoms with Crippen LogP contribution in [0.3, 0.4) is 0 Å². The smallest absolute Gasteiger partial charge is 0.278 e. The first kappa shape index (κ1) is 21.8. The van der Waals surface area contributed by atoms with Gasteiger partial charge in [-0.15, -0.1) is 0 Å². The van der Waals surface area contributed by atoms with Crippen LogP contribution in [-0.2, 0) is 17.8 Å². The second-order valence-corrected chi connectivity index (χ2v) is 7.16. The molecule has 0 atom stereocenters. The fourth-order valence-electron chi connectivity index (χ4n) is 2.72. The molecule has 3 aromatic heterocycles. The predicted octanol–water partition coefficient (Wildman–Crippen LogP) is 2.21. The number of aliphatic hydroxyl groups is 1. The number of alkyl halides is 2. The summed E-state index contributed by atoms with van der Waals surface area (Å²) in [6, 6.07) is 3.31. The fourth-order valence-corrected chi connectivity index (χ4v) is 2.96. The van der Waals surface area contributed by atoms with Crippen molar-refractivity contribution >= 4 is 28.4 Å². The molecule has 3 aromatic rings. The number of hydrogen-bond donors (Lipinski definition) is 2. The van der Waals surface area contributed by atoms with E-state index in [9.17, 15) is 13.6 Å². The van der Waals surface area contributed by atoms with Crippen LogP contribution in [0.4, 0.5) is 8.78 Å². The Labute approximate surface area is 175 Å². The van der Waals surface area contributed by atoms with Gasteiger partial charge in [0, 0.05) is 37.4 Å². The molecule has 1 amide bonds. The number of hydrogen-bond acceptors (Lipinski definition) is 6. The Morgan fingerprint density at radius 1 is 1.40 bits per heavy atom. The number of nitrogens with one attached hydrogen (secondary N) is 1. The lowest BCUT2D eigenvalue weighted by atomic mass is 10.2. The number of ether oxygens (including phenoxy) is 1. The molecule has 3 heterocycles. The van der Waals surface area contributed by atoms with Gasteiger partial charge in [0.2, 0.25) is 11.8 Å². The maximum atomic E-state index is 12.9. The molecule has 0 bridgehead atoms. The molecule has 11 heteroatoms. The van der Waals surface area contributed by atoms with Crippen molar-refractivity contribution in [3.63, 3.8) is 0 Å². The van der Waals surface area contributed by atoms with Gasteiger partial charge in [-0.05, 0) is 17.7 Å². The zero-order valence-corrected chi connectivity index (χ0v) is 16.9. The molecule has 0 aliphatic carbocycles. The van der Waals surface area contributed by atoms with Crippen molar-refractivity contribution in [2.45, 2.75) is 25.8 Å². The zero-order valence-electron chi connectivity index (χ0n) is 16.1. The highest BCUT2D eigenvalue weighted by Crippen LogP contribution is 2.25. The minimum absolute atomic E-state index is 0.0600. The molecule has 8 nitrogen and oxygen atoms in total. The van der Waals surface area contributed by atoms with Crippen molar-refractivity contribution in [2.24, 2.45) is 0 Å². The quantitative estimate of drug-likeness (QED) is 0.530. The Bertz CT molecular complexity index is 1040. The average molecular weight is 440 g/mol. The lowest BCUT2D eigenvalue weighted by Gasteiger charge is -2.12. The van der Waals surface area contributed by atoms with Gasteiger partial charge < -0.3 is 15.2 Å². The number of aliphatic hydroxyl groups excluding tert-OH is 1. The molecule has 30 heavy (non-hydrogen) atoms. The molecular formula is C19H20ClF2N5O3. The number of carbonyl (C=O) groups is 1. The number of halogens is 3. The van der Waals surface area contributed by atoms with E-state index in [1.54, 1.807) is 29.2 Å². The summed E-state index contributed by atoms with van der Waals surface area (Å²) in [6.45, 7) is 0.296. The number of fused-ring (bicyclic) bond motifs is 1. The number of carbonyl (C=O) groups excluding carboxylic acids is 1. The van der Waals surface area contributed by atoms with Crippen molar-refractivity contribution < 1.29 is 23.4 Å². The van der Waals surface area contributed by atoms with Gasteiger partial charge in [0.15, 0.2) is 6.61 Å². The highest BCUT2D eigenvalue weighted by Gasteiger charge is 2.23. The van der Waals surface area contributed by atoms with Crippen molar-refractivity contribution in [3.8, 4) is 5.88 Å². The van der Waals surface area contributed by atoms with Crippen LogP contribution in [0.2, 0.25) is 5.02 Å². The lowest BCUT2D eigenvalue weighted by Crippen LogP contribution is -2.28. The molecule has 0 spiro atoms. The predicted molar refractivity (Wildman–Crippen MR) is 106 cm³/mol. The molecule has 0 aromatic carbocycles. The summed E-state index contributed by atoms with van der Waals surface area (Å²) in [4.78, 5) is 20.2. The van der Waals surface area contributed by atoms with Crippen LogP contribution in [0.5, 0.6) is 5.88 Å². The summed E-state index contributed by atoms with van der Waals surface area (Å²) in [5.74, 6) is -3.30. The van der Waals surface area contributed by atoms with E-state index in [4.69, 9.17) is 21.4 Å². The van der Waals surface area contributed by atoms with E-state index in [1.165, 1.54) is 6.20 Å². The molecule has 0 aliphatic heterocycles. The third-order valence-electron chi connectivity index (χ3n) is 4.00. The standard InChI is InChI=1S/C19H20ClF2N5O3/c1-19(21,22)11-30-18-14(20)6-12(8-25-18)9-27-10-13-15(26-27)2-3-23-16(13)7-17(29)24-4-5-28/h2-3,6,8,10,28H,4-5,7,9,11H2,1H3,(H,24,29). The van der Waals surface area contributed by atoms with E-state index in [2.05, 4.69) is 20.4 Å². The number of nitrogens with zero attached hydrogens (tertiary/aromatic N) is 4. The van der Waals surface area contributed by atoms with E-state index < -0.39 is 12.5 Å². The van der Waals surface area contributed by atoms with Gasteiger partial charge in [0.05, 0.1) is 30.8 Å². The molecule has 3 rings (SSSR count). The Kier molecular flexibility index (Phi) is 6.78. The zero-order chi connectivity index (χ0) is 21.7. The normalized spacial score (nSPS) is 11.6. The van der Waals surface area contributed by atoms with Gasteiger partial charge in [0.1, 0.15) is 5.02 Å². The molecule has 0 unspecified atom stereocenters. The van der Waals surface area contributed by atoms with Crippen LogP contribution in [0, 0.1) is 0 Å². The number of pyridine rings is 2. The van der Waals surface area contributed by atoms with Crippen LogP contribution in [0.15, 0.2) is 30.7 Å². The maximum Gasteiger partial charge on any atom is 0.278 e. The van der Waals surface area contributed by atoms with Crippen LogP contribution >= 0.6 is 11.6 Å². The van der Waals surface area contributed by atoms with Crippen LogP contribution in [0.25, 0.3) is 10.9 Å². The number of amides is 1. The topological polar surface area (TPSA) is 102 Å². The third-order valence-corrected chi connectivity index (χ3v) is 4.27. The first-order chi connectivity index (χ1) is 14.2. The second-order valence-electron chi connectivity index (χ2n) is 6.76. The van der Waals surface area contributed by atoms with Gasteiger partial charge in [-0.1, -0.05) is 11.6 Å². The van der Waals surface area contributed by atoms with Crippen LogP contribution in [-0.4, -0.2) is 56.4 Å². The molecule has 0 fully saturated rings. The van der Waals surface area contributed by atoms with Crippen molar-refractivity contribution in [3.05, 3.63) is 47.0 Å². The first-order valence-corrected chi connectivity index (χ1v) is 9.46. The molecule has 2 N–H and O–H groups in total. The fraction of sp³-hybridized carbons (Fsp3) is 0.368. The Morgan fingerprint density at radius 2 is 2.20 bits per heavy atom. The molecule has 0 saturated heterocycles. The largest absolute Gasteiger partial charge is 0.470 e. The van der Waals surface area contributed by atoms with Gasteiger partial charge in [-0.25, -0.2) is 13.8 Å². The van der Waals surface area contributed by atoms with Crippen LogP contribution < -0.4 is 10.1 Å². The highest BCUT2D eigenvalue weighted by atomic mass is 35.5. The van der Waals surface area contributed by atoms with Gasteiger partial charge in [-0.2, -0.15) is 5.10 Å². The van der Waals surface area contributed by atoms with Crippen molar-refractivity contribution in [2.75, 3.05) is 19.8 Å². The second kappa shape index (κ2) is 9.31. The average Bonchev–Trinajstić information content (AvgIpc) is 3.08. The number of aromatic nitrogens is 4. The summed E-state index contributed by atoms with van der Waals surface area (Å²) in [5.41, 5.74) is 1.92. The molecular weight excluding hydrogens is 420 g/mol. The summed E-state index contributed by atoms with van der Waals surface area (Å²) >= 11 is 6.09. The minimum atomic E-state index is -2.99. The van der Waals surface area contributed by atoms with Gasteiger partial charge in [0.25, 0.3) is 5.92 Å². The Morgan fingerprint density at radius 3 is 2.90 bits per heavy atom.